The van der Waals surface area contributed by atoms with Gasteiger partial charge in [-0.3, -0.25) is 14.5 Å². The summed E-state index contributed by atoms with van der Waals surface area (Å²) >= 11 is 0.0258. The first-order valence-electron chi connectivity index (χ1n) is 11.0. The topological polar surface area (TPSA) is 93.8 Å². The molecule has 0 aliphatic carbocycles. The Balaban J connectivity index is 1.47. The number of anilines is 1. The summed E-state index contributed by atoms with van der Waals surface area (Å²) in [7, 11) is 0. The Labute approximate surface area is 207 Å². The average Bonchev–Trinajstić information content (AvgIpc) is 3.45. The van der Waals surface area contributed by atoms with Crippen LogP contribution in [-0.4, -0.2) is 53.9 Å². The first-order chi connectivity index (χ1) is 17.3. The lowest BCUT2D eigenvalue weighted by molar-refractivity contribution is -0.133. The van der Waals surface area contributed by atoms with Crippen LogP contribution in [0.1, 0.15) is 33.7 Å². The number of hydrogen-bond acceptors (Lipinski definition) is 7. The van der Waals surface area contributed by atoms with Crippen LogP contribution in [-0.2, 0) is 19.5 Å². The predicted octanol–water partition coefficient (Wildman–Crippen LogP) is 3.70. The standard InChI is InChI=1S/C22H20F4N8OS/c23-22(24,25)5-8-28-21(35)18-16-12-32(19-15-3-10-34(36-26)20(15)30-13-29-19)9-4-17(16)33(31-18)11-14-1-6-27-7-2-14/h1-3,6-7,10,13H,4-5,8-9,11-12H2,(H,28,35). The number of carbonyl (C=O) groups is 1. The number of nitrogens with zero attached hydrogens (tertiary/aromatic N) is 7. The van der Waals surface area contributed by atoms with Gasteiger partial charge in [-0.15, -0.1) is 3.89 Å². The maximum Gasteiger partial charge on any atom is 0.390 e. The average molecular weight is 521 g/mol. The highest BCUT2D eigenvalue weighted by Gasteiger charge is 2.31. The molecule has 0 radical (unpaired) electrons. The predicted molar refractivity (Wildman–Crippen MR) is 125 cm³/mol. The van der Waals surface area contributed by atoms with Gasteiger partial charge in [-0.1, -0.05) is 0 Å². The summed E-state index contributed by atoms with van der Waals surface area (Å²) in [5.74, 6) is -0.0950. The third-order valence-electron chi connectivity index (χ3n) is 5.93. The summed E-state index contributed by atoms with van der Waals surface area (Å²) in [6, 6.07) is 5.37. The molecule has 188 valence electrons. The molecule has 1 amide bonds. The Morgan fingerprint density at radius 1 is 1.17 bits per heavy atom. The lowest BCUT2D eigenvalue weighted by Crippen LogP contribution is -2.34. The molecule has 36 heavy (non-hydrogen) atoms. The number of nitrogens with one attached hydrogen (secondary N) is 1. The molecule has 9 nitrogen and oxygen atoms in total. The van der Waals surface area contributed by atoms with Gasteiger partial charge in [0.25, 0.3) is 5.91 Å². The zero-order valence-electron chi connectivity index (χ0n) is 18.7. The van der Waals surface area contributed by atoms with Gasteiger partial charge in [-0.25, -0.2) is 13.9 Å². The molecule has 0 aromatic carbocycles. The highest BCUT2D eigenvalue weighted by atomic mass is 32.2. The van der Waals surface area contributed by atoms with Crippen LogP contribution in [0, 0.1) is 0 Å². The normalized spacial score (nSPS) is 13.7. The van der Waals surface area contributed by atoms with Crippen molar-refractivity contribution in [2.24, 2.45) is 0 Å². The van der Waals surface area contributed by atoms with Crippen molar-refractivity contribution in [3.8, 4) is 0 Å². The van der Waals surface area contributed by atoms with Gasteiger partial charge in [0.05, 0.1) is 18.4 Å². The van der Waals surface area contributed by atoms with E-state index in [0.717, 1.165) is 11.3 Å². The van der Waals surface area contributed by atoms with Gasteiger partial charge in [-0.2, -0.15) is 18.3 Å². The SMILES string of the molecule is O=C(NCCC(F)(F)F)c1nn(Cc2ccncc2)c2c1CN(c1ncnc3c1ccn3SF)CC2. The molecule has 0 bridgehead atoms. The van der Waals surface area contributed by atoms with Crippen LogP contribution >= 0.6 is 12.3 Å². The van der Waals surface area contributed by atoms with E-state index in [0.29, 0.717) is 41.9 Å². The van der Waals surface area contributed by atoms with Gasteiger partial charge in [0.2, 0.25) is 0 Å². The summed E-state index contributed by atoms with van der Waals surface area (Å²) in [4.78, 5) is 27.4. The van der Waals surface area contributed by atoms with Crippen molar-refractivity contribution in [2.45, 2.75) is 32.1 Å². The molecule has 1 N–H and O–H groups in total. The molecule has 5 rings (SSSR count). The van der Waals surface area contributed by atoms with Crippen molar-refractivity contribution in [1.29, 1.82) is 0 Å². The monoisotopic (exact) mass is 520 g/mol. The second kappa shape index (κ2) is 9.76. The van der Waals surface area contributed by atoms with Crippen LogP contribution in [0.3, 0.4) is 0 Å². The highest BCUT2D eigenvalue weighted by Crippen LogP contribution is 2.32. The Kier molecular flexibility index (Phi) is 6.51. The number of amides is 1. The lowest BCUT2D eigenvalue weighted by atomic mass is 10.0. The number of carbonyl (C=O) groups excluding carboxylic acids is 1. The molecule has 1 aliphatic heterocycles. The minimum Gasteiger partial charge on any atom is -0.351 e. The molecule has 4 aromatic heterocycles. The van der Waals surface area contributed by atoms with Crippen molar-refractivity contribution in [3.63, 3.8) is 0 Å². The van der Waals surface area contributed by atoms with Crippen LogP contribution in [0.2, 0.25) is 0 Å². The molecule has 0 fully saturated rings. The van der Waals surface area contributed by atoms with E-state index in [2.05, 4.69) is 25.4 Å². The fourth-order valence-corrected chi connectivity index (χ4v) is 4.59. The number of aromatic nitrogens is 6. The third-order valence-corrected chi connectivity index (χ3v) is 6.37. The number of rotatable bonds is 7. The van der Waals surface area contributed by atoms with Crippen LogP contribution in [0.25, 0.3) is 11.0 Å². The summed E-state index contributed by atoms with van der Waals surface area (Å²) in [6.07, 6.45) is 1.21. The number of halogens is 4. The minimum atomic E-state index is -4.38. The Bertz CT molecular complexity index is 1390. The minimum absolute atomic E-state index is 0.0258. The molecule has 0 saturated heterocycles. The Morgan fingerprint density at radius 3 is 2.72 bits per heavy atom. The largest absolute Gasteiger partial charge is 0.390 e. The second-order valence-electron chi connectivity index (χ2n) is 8.22. The molecule has 0 unspecified atom stereocenters. The molecule has 0 saturated carbocycles. The number of alkyl halides is 3. The lowest BCUT2D eigenvalue weighted by Gasteiger charge is -2.29. The van der Waals surface area contributed by atoms with E-state index in [9.17, 15) is 21.9 Å². The van der Waals surface area contributed by atoms with E-state index in [1.165, 1.54) is 10.3 Å². The van der Waals surface area contributed by atoms with E-state index in [4.69, 9.17) is 0 Å². The summed E-state index contributed by atoms with van der Waals surface area (Å²) in [5, 5.41) is 7.48. The zero-order chi connectivity index (χ0) is 25.3. The van der Waals surface area contributed by atoms with Crippen molar-refractivity contribution < 1.29 is 21.9 Å². The van der Waals surface area contributed by atoms with Crippen molar-refractivity contribution >= 4 is 35.1 Å². The Hall–Kier alpha value is -3.68. The van der Waals surface area contributed by atoms with Crippen molar-refractivity contribution in [1.82, 2.24) is 34.0 Å². The van der Waals surface area contributed by atoms with Gasteiger partial charge in [-0.05, 0) is 23.8 Å². The number of hydrogen-bond donors (Lipinski definition) is 1. The summed E-state index contributed by atoms with van der Waals surface area (Å²) < 4.78 is 54.0. The summed E-state index contributed by atoms with van der Waals surface area (Å²) in [6.45, 7) is 0.645. The van der Waals surface area contributed by atoms with Crippen LogP contribution in [0.5, 0.6) is 0 Å². The van der Waals surface area contributed by atoms with Crippen molar-refractivity contribution in [3.05, 3.63) is 65.6 Å². The third kappa shape index (κ3) is 4.85. The molecule has 0 spiro atoms. The van der Waals surface area contributed by atoms with Crippen molar-refractivity contribution in [2.75, 3.05) is 18.0 Å². The smallest absolute Gasteiger partial charge is 0.351 e. The molecule has 0 atom stereocenters. The maximum atomic E-state index is 13.2. The quantitative estimate of drug-likeness (QED) is 0.372. The van der Waals surface area contributed by atoms with Gasteiger partial charge in [0, 0.05) is 55.9 Å². The fraction of sp³-hybridized carbons (Fsp3) is 0.318. The van der Waals surface area contributed by atoms with Gasteiger partial charge >= 0.3 is 6.18 Å². The van der Waals surface area contributed by atoms with Crippen LogP contribution in [0.15, 0.2) is 43.1 Å². The molecule has 4 aromatic rings. The molecule has 1 aliphatic rings. The van der Waals surface area contributed by atoms with Crippen LogP contribution in [0.4, 0.5) is 22.9 Å². The maximum absolute atomic E-state index is 13.2. The van der Waals surface area contributed by atoms with Gasteiger partial charge < -0.3 is 10.2 Å². The second-order valence-corrected chi connectivity index (χ2v) is 8.76. The van der Waals surface area contributed by atoms with Gasteiger partial charge in [0.1, 0.15) is 12.1 Å². The zero-order valence-corrected chi connectivity index (χ0v) is 19.6. The van der Waals surface area contributed by atoms with Crippen LogP contribution < -0.4 is 10.2 Å². The molecule has 14 heteroatoms. The Morgan fingerprint density at radius 2 is 1.97 bits per heavy atom. The molecule has 5 heterocycles. The summed E-state index contributed by atoms with van der Waals surface area (Å²) in [5.41, 5.74) is 2.85. The van der Waals surface area contributed by atoms with E-state index in [1.54, 1.807) is 29.3 Å². The molecular formula is C22H20F4N8OS. The number of pyridine rings is 1. The first-order valence-corrected chi connectivity index (χ1v) is 11.7. The van der Waals surface area contributed by atoms with E-state index < -0.39 is 25.0 Å². The molecular weight excluding hydrogens is 500 g/mol. The van der Waals surface area contributed by atoms with E-state index in [-0.39, 0.29) is 24.6 Å². The first kappa shape index (κ1) is 24.0. The van der Waals surface area contributed by atoms with E-state index >= 15 is 0 Å². The van der Waals surface area contributed by atoms with E-state index in [1.807, 2.05) is 17.0 Å². The fourth-order valence-electron chi connectivity index (χ4n) is 4.27. The number of fused-ring (bicyclic) bond motifs is 2. The highest BCUT2D eigenvalue weighted by molar-refractivity contribution is 7.92. The van der Waals surface area contributed by atoms with Gasteiger partial charge in [0.15, 0.2) is 23.7 Å².